The van der Waals surface area contributed by atoms with E-state index in [1.54, 1.807) is 0 Å². The predicted octanol–water partition coefficient (Wildman–Crippen LogP) is 0.588. The third-order valence-electron chi connectivity index (χ3n) is 0.256. The zero-order valence-corrected chi connectivity index (χ0v) is 6.00. The molecule has 0 rings (SSSR count). The summed E-state index contributed by atoms with van der Waals surface area (Å²) >= 11 is 15.3. The van der Waals surface area contributed by atoms with Gasteiger partial charge in [-0.05, 0) is 0 Å². The first kappa shape index (κ1) is 8.14. The number of rotatable bonds is 0. The molecule has 0 saturated heterocycles. The van der Waals surface area contributed by atoms with Crippen molar-refractivity contribution >= 4 is 40.8 Å². The molecule has 0 aromatic rings. The molecule has 4 N–H and O–H groups in total. The highest BCUT2D eigenvalue weighted by molar-refractivity contribution is 6.67. The van der Waals surface area contributed by atoms with E-state index in [1.165, 1.54) is 0 Å². The summed E-state index contributed by atoms with van der Waals surface area (Å²) in [5, 5.41) is 0. The fourth-order valence-electron chi connectivity index (χ4n) is 0.146. The molecule has 0 bridgehead atoms. The van der Waals surface area contributed by atoms with Crippen molar-refractivity contribution in [3.8, 4) is 0 Å². The molecule has 0 aromatic heterocycles. The van der Waals surface area contributed by atoms with Crippen LogP contribution in [0.25, 0.3) is 0 Å². The molecule has 0 aliphatic heterocycles. The molecule has 0 aliphatic carbocycles. The van der Waals surface area contributed by atoms with E-state index in [0.29, 0.717) is 0 Å². The largest absolute Gasteiger partial charge is 0.370 e. The SMILES string of the molecule is NC(N)=NC(Cl)(Cl)Cl. The number of alkyl halides is 3. The van der Waals surface area contributed by atoms with Crippen LogP contribution in [0, 0.1) is 0 Å². The van der Waals surface area contributed by atoms with Crippen LogP contribution in [0.1, 0.15) is 0 Å². The molecule has 0 atom stereocenters. The van der Waals surface area contributed by atoms with E-state index in [2.05, 4.69) is 4.99 Å². The van der Waals surface area contributed by atoms with Gasteiger partial charge in [-0.2, -0.15) is 4.99 Å². The van der Waals surface area contributed by atoms with Gasteiger partial charge in [-0.25, -0.2) is 0 Å². The molecule has 6 heteroatoms. The summed E-state index contributed by atoms with van der Waals surface area (Å²) in [4.78, 5) is 3.18. The second kappa shape index (κ2) is 2.62. The van der Waals surface area contributed by atoms with Crippen LogP contribution in [-0.2, 0) is 0 Å². The van der Waals surface area contributed by atoms with Gasteiger partial charge in [-0.3, -0.25) is 0 Å². The zero-order chi connectivity index (χ0) is 6.78. The molecule has 0 unspecified atom stereocenters. The van der Waals surface area contributed by atoms with Gasteiger partial charge in [0.15, 0.2) is 5.96 Å². The Labute approximate surface area is 61.6 Å². The zero-order valence-electron chi connectivity index (χ0n) is 3.74. The Balaban J connectivity index is 3.89. The Morgan fingerprint density at radius 1 is 1.25 bits per heavy atom. The van der Waals surface area contributed by atoms with Crippen LogP contribution in [0.2, 0.25) is 0 Å². The lowest BCUT2D eigenvalue weighted by Gasteiger charge is -2.01. The molecule has 0 aromatic carbocycles. The Bertz CT molecular complexity index is 99.6. The summed E-state index contributed by atoms with van der Waals surface area (Å²) in [6.45, 7) is 0. The number of halogens is 3. The summed E-state index contributed by atoms with van der Waals surface area (Å²) in [5.41, 5.74) is 9.71. The van der Waals surface area contributed by atoms with Crippen molar-refractivity contribution in [1.29, 1.82) is 0 Å². The summed E-state index contributed by atoms with van der Waals surface area (Å²) in [6.07, 6.45) is 0. The Hall–Kier alpha value is 0.140. The van der Waals surface area contributed by atoms with Crippen LogP contribution < -0.4 is 11.5 Å². The van der Waals surface area contributed by atoms with Crippen molar-refractivity contribution < 1.29 is 0 Å². The number of nitrogens with two attached hydrogens (primary N) is 2. The number of nitrogens with zero attached hydrogens (tertiary/aromatic N) is 1. The van der Waals surface area contributed by atoms with Crippen molar-refractivity contribution in [2.75, 3.05) is 0 Å². The average Bonchev–Trinajstić information content (AvgIpc) is 1.21. The highest BCUT2D eigenvalue weighted by Crippen LogP contribution is 2.26. The lowest BCUT2D eigenvalue weighted by Crippen LogP contribution is -2.25. The number of hydrogen-bond donors (Lipinski definition) is 2. The molecule has 0 spiro atoms. The van der Waals surface area contributed by atoms with E-state index < -0.39 is 3.92 Å². The Morgan fingerprint density at radius 3 is 1.62 bits per heavy atom. The smallest absolute Gasteiger partial charge is 0.288 e. The van der Waals surface area contributed by atoms with Gasteiger partial charge < -0.3 is 11.5 Å². The highest BCUT2D eigenvalue weighted by atomic mass is 35.6. The number of aliphatic imine (C=N–C) groups is 1. The van der Waals surface area contributed by atoms with E-state index in [4.69, 9.17) is 46.3 Å². The first-order valence-electron chi connectivity index (χ1n) is 1.59. The van der Waals surface area contributed by atoms with Crippen molar-refractivity contribution in [3.05, 3.63) is 0 Å². The van der Waals surface area contributed by atoms with Crippen LogP contribution in [0.4, 0.5) is 0 Å². The maximum atomic E-state index is 5.11. The van der Waals surface area contributed by atoms with Gasteiger partial charge in [-0.15, -0.1) is 0 Å². The lowest BCUT2D eigenvalue weighted by atomic mass is 11.1. The first-order valence-corrected chi connectivity index (χ1v) is 2.73. The van der Waals surface area contributed by atoms with Crippen molar-refractivity contribution in [1.82, 2.24) is 0 Å². The minimum atomic E-state index is -1.72. The van der Waals surface area contributed by atoms with Gasteiger partial charge in [0.05, 0.1) is 0 Å². The van der Waals surface area contributed by atoms with Gasteiger partial charge >= 0.3 is 0 Å². The molecular weight excluding hydrogens is 172 g/mol. The van der Waals surface area contributed by atoms with E-state index >= 15 is 0 Å². The van der Waals surface area contributed by atoms with Crippen LogP contribution in [0.3, 0.4) is 0 Å². The third-order valence-corrected chi connectivity index (χ3v) is 0.509. The van der Waals surface area contributed by atoms with Gasteiger partial charge in [0.2, 0.25) is 0 Å². The first-order chi connectivity index (χ1) is 3.42. The van der Waals surface area contributed by atoms with Crippen LogP contribution >= 0.6 is 34.8 Å². The molecular formula is C2H4Cl3N3. The molecule has 0 aliphatic rings. The van der Waals surface area contributed by atoms with Crippen LogP contribution in [-0.4, -0.2) is 9.88 Å². The van der Waals surface area contributed by atoms with Crippen molar-refractivity contribution in [2.24, 2.45) is 16.5 Å². The van der Waals surface area contributed by atoms with Crippen LogP contribution in [0.15, 0.2) is 4.99 Å². The maximum Gasteiger partial charge on any atom is 0.288 e. The van der Waals surface area contributed by atoms with Gasteiger partial charge in [0.1, 0.15) is 0 Å². The Morgan fingerprint density at radius 2 is 1.62 bits per heavy atom. The van der Waals surface area contributed by atoms with E-state index in [-0.39, 0.29) is 5.96 Å². The third kappa shape index (κ3) is 6.14. The summed E-state index contributed by atoms with van der Waals surface area (Å²) in [5.74, 6) is -0.245. The average molecular weight is 176 g/mol. The molecule has 0 radical (unpaired) electrons. The van der Waals surface area contributed by atoms with Gasteiger partial charge in [-0.1, -0.05) is 34.8 Å². The van der Waals surface area contributed by atoms with Gasteiger partial charge in [0.25, 0.3) is 3.92 Å². The quantitative estimate of drug-likeness (QED) is 0.246. The minimum absolute atomic E-state index is 0.245. The van der Waals surface area contributed by atoms with Crippen LogP contribution in [0.5, 0.6) is 0 Å². The molecule has 0 fully saturated rings. The standard InChI is InChI=1S/C2H4Cl3N3/c3-2(4,5)8-1(6)7/h(H4,6,7,8). The molecule has 0 saturated carbocycles. The van der Waals surface area contributed by atoms with Crippen molar-refractivity contribution in [2.45, 2.75) is 3.92 Å². The lowest BCUT2D eigenvalue weighted by molar-refractivity contribution is 1.14. The molecule has 0 heterocycles. The van der Waals surface area contributed by atoms with E-state index in [0.717, 1.165) is 0 Å². The fraction of sp³-hybridized carbons (Fsp3) is 0.500. The molecule has 8 heavy (non-hydrogen) atoms. The Kier molecular flexibility index (Phi) is 2.66. The summed E-state index contributed by atoms with van der Waals surface area (Å²) in [6, 6.07) is 0. The van der Waals surface area contributed by atoms with E-state index in [1.807, 2.05) is 0 Å². The molecule has 0 amide bonds. The summed E-state index contributed by atoms with van der Waals surface area (Å²) in [7, 11) is 0. The molecule has 48 valence electrons. The summed E-state index contributed by atoms with van der Waals surface area (Å²) < 4.78 is -1.72. The van der Waals surface area contributed by atoms with Gasteiger partial charge in [0, 0.05) is 0 Å². The molecule has 3 nitrogen and oxygen atoms in total. The van der Waals surface area contributed by atoms with Crippen molar-refractivity contribution in [3.63, 3.8) is 0 Å². The number of hydrogen-bond acceptors (Lipinski definition) is 1. The van der Waals surface area contributed by atoms with E-state index in [9.17, 15) is 0 Å². The highest BCUT2D eigenvalue weighted by Gasteiger charge is 2.16. The monoisotopic (exact) mass is 175 g/mol. The number of guanidine groups is 1. The second-order valence-corrected chi connectivity index (χ2v) is 3.23. The normalized spacial score (nSPS) is 10.9. The second-order valence-electron chi connectivity index (χ2n) is 1.00. The topological polar surface area (TPSA) is 64.4 Å². The maximum absolute atomic E-state index is 5.11. The minimum Gasteiger partial charge on any atom is -0.370 e. The fourth-order valence-corrected chi connectivity index (χ4v) is 0.439. The predicted molar refractivity (Wildman–Crippen MR) is 36.1 cm³/mol.